The van der Waals surface area contributed by atoms with Gasteiger partial charge in [-0.3, -0.25) is 0 Å². The van der Waals surface area contributed by atoms with Gasteiger partial charge in [0.2, 0.25) is 6.79 Å². The van der Waals surface area contributed by atoms with E-state index in [1.54, 1.807) is 0 Å². The molecule has 0 bridgehead atoms. The Morgan fingerprint density at radius 2 is 1.97 bits per heavy atom. The lowest BCUT2D eigenvalue weighted by molar-refractivity contribution is 0.166. The van der Waals surface area contributed by atoms with Crippen LogP contribution in [0, 0.1) is 11.8 Å². The summed E-state index contributed by atoms with van der Waals surface area (Å²) in [5.41, 5.74) is 1.92. The molecular formula is C23H27ClN2O3. The SMILES string of the molecule is C=c1[nH]c(CC2CCC(CO)CC2)n/c1=C/C(Cl)=C(\C)c1ccc2c(c1)OCO2. The molecule has 2 heterocycles. The summed E-state index contributed by atoms with van der Waals surface area (Å²) in [6, 6.07) is 5.82. The van der Waals surface area contributed by atoms with E-state index in [0.29, 0.717) is 23.5 Å². The second kappa shape index (κ2) is 8.64. The predicted molar refractivity (Wildman–Crippen MR) is 115 cm³/mol. The van der Waals surface area contributed by atoms with Gasteiger partial charge in [0.1, 0.15) is 5.82 Å². The second-order valence-electron chi connectivity index (χ2n) is 8.01. The number of nitrogens with one attached hydrogen (secondary N) is 1. The summed E-state index contributed by atoms with van der Waals surface area (Å²) in [7, 11) is 0. The maximum atomic E-state index is 9.30. The van der Waals surface area contributed by atoms with E-state index < -0.39 is 0 Å². The molecule has 1 fully saturated rings. The summed E-state index contributed by atoms with van der Waals surface area (Å²) in [6.45, 7) is 6.63. The summed E-state index contributed by atoms with van der Waals surface area (Å²) in [4.78, 5) is 8.05. The van der Waals surface area contributed by atoms with Crippen molar-refractivity contribution in [2.45, 2.75) is 39.0 Å². The molecule has 0 unspecified atom stereocenters. The molecule has 4 rings (SSSR count). The van der Waals surface area contributed by atoms with E-state index in [1.165, 1.54) is 0 Å². The van der Waals surface area contributed by atoms with Gasteiger partial charge in [-0.05, 0) is 73.8 Å². The lowest BCUT2D eigenvalue weighted by Crippen LogP contribution is -2.22. The molecule has 6 heteroatoms. The molecule has 1 aliphatic heterocycles. The van der Waals surface area contributed by atoms with Crippen LogP contribution in [0.25, 0.3) is 18.2 Å². The van der Waals surface area contributed by atoms with Crippen LogP contribution in [-0.2, 0) is 6.42 Å². The number of aliphatic hydroxyl groups excluding tert-OH is 1. The Hall–Kier alpha value is -2.24. The van der Waals surface area contributed by atoms with Gasteiger partial charge >= 0.3 is 0 Å². The number of fused-ring (bicyclic) bond motifs is 1. The Morgan fingerprint density at radius 3 is 2.72 bits per heavy atom. The van der Waals surface area contributed by atoms with Crippen LogP contribution in [0.2, 0.25) is 0 Å². The Labute approximate surface area is 175 Å². The van der Waals surface area contributed by atoms with Crippen molar-refractivity contribution >= 4 is 29.8 Å². The second-order valence-corrected chi connectivity index (χ2v) is 8.41. The quantitative estimate of drug-likeness (QED) is 0.787. The number of benzene rings is 1. The number of imidazole rings is 1. The minimum Gasteiger partial charge on any atom is -0.454 e. The first-order valence-corrected chi connectivity index (χ1v) is 10.5. The van der Waals surface area contributed by atoms with Crippen LogP contribution >= 0.6 is 11.6 Å². The summed E-state index contributed by atoms with van der Waals surface area (Å²) >= 11 is 6.60. The number of aromatic amines is 1. The number of rotatable bonds is 5. The van der Waals surface area contributed by atoms with Crippen LogP contribution in [0.15, 0.2) is 23.2 Å². The summed E-state index contributed by atoms with van der Waals surface area (Å²) in [5, 5.41) is 11.5. The Balaban J connectivity index is 1.52. The van der Waals surface area contributed by atoms with Gasteiger partial charge in [-0.1, -0.05) is 24.2 Å². The van der Waals surface area contributed by atoms with Gasteiger partial charge in [0, 0.05) is 18.1 Å². The third-order valence-electron chi connectivity index (χ3n) is 5.99. The normalized spacial score (nSPS) is 22.7. The Kier molecular flexibility index (Phi) is 5.97. The number of hydrogen-bond acceptors (Lipinski definition) is 4. The summed E-state index contributed by atoms with van der Waals surface area (Å²) < 4.78 is 10.8. The van der Waals surface area contributed by atoms with Crippen molar-refractivity contribution in [3.63, 3.8) is 0 Å². The van der Waals surface area contributed by atoms with Crippen LogP contribution < -0.4 is 20.2 Å². The topological polar surface area (TPSA) is 67.4 Å². The van der Waals surface area contributed by atoms with E-state index in [2.05, 4.69) is 11.6 Å². The Bertz CT molecular complexity index is 1020. The lowest BCUT2D eigenvalue weighted by atomic mass is 9.81. The zero-order valence-electron chi connectivity index (χ0n) is 16.7. The van der Waals surface area contributed by atoms with Gasteiger partial charge in [-0.25, -0.2) is 4.98 Å². The number of halogens is 1. The first-order chi connectivity index (χ1) is 14.0. The summed E-state index contributed by atoms with van der Waals surface area (Å²) in [5.74, 6) is 3.53. The van der Waals surface area contributed by atoms with Crippen LogP contribution in [0.3, 0.4) is 0 Å². The molecule has 1 aromatic carbocycles. The first-order valence-electron chi connectivity index (χ1n) is 10.2. The van der Waals surface area contributed by atoms with Crippen molar-refractivity contribution in [1.82, 2.24) is 9.97 Å². The minimum absolute atomic E-state index is 0.254. The maximum absolute atomic E-state index is 9.30. The molecule has 154 valence electrons. The predicted octanol–water partition coefficient (Wildman–Crippen LogP) is 3.34. The molecule has 2 aromatic rings. The fourth-order valence-electron chi connectivity index (χ4n) is 4.08. The van der Waals surface area contributed by atoms with E-state index in [4.69, 9.17) is 26.1 Å². The maximum Gasteiger partial charge on any atom is 0.231 e. The number of hydrogen-bond donors (Lipinski definition) is 2. The van der Waals surface area contributed by atoms with Crippen molar-refractivity contribution in [1.29, 1.82) is 0 Å². The fraction of sp³-hybridized carbons (Fsp3) is 0.435. The molecule has 1 saturated carbocycles. The van der Waals surface area contributed by atoms with E-state index in [1.807, 2.05) is 31.2 Å². The van der Waals surface area contributed by atoms with Crippen LogP contribution in [0.4, 0.5) is 0 Å². The van der Waals surface area contributed by atoms with Gasteiger partial charge in [0.15, 0.2) is 11.5 Å². The van der Waals surface area contributed by atoms with Crippen LogP contribution in [0.5, 0.6) is 11.5 Å². The molecule has 1 aliphatic carbocycles. The van der Waals surface area contributed by atoms with E-state index in [0.717, 1.165) is 71.3 Å². The van der Waals surface area contributed by atoms with E-state index in [-0.39, 0.29) is 6.79 Å². The number of aliphatic hydroxyl groups is 1. The molecule has 0 saturated heterocycles. The highest BCUT2D eigenvalue weighted by Gasteiger charge is 2.21. The standard InChI is InChI=1S/C23H27ClN2O3/c1-14(18-7-8-21-22(10-18)29-13-28-21)19(24)11-20-15(2)25-23(26-20)9-16-3-5-17(12-27)6-4-16/h7-8,10-11,16-17,27H,2-6,9,12-13H2,1H3,(H,25,26)/b19-14-,20-11+. The van der Waals surface area contributed by atoms with Crippen molar-refractivity contribution in [2.75, 3.05) is 13.4 Å². The average molecular weight is 415 g/mol. The van der Waals surface area contributed by atoms with Gasteiger partial charge in [0.25, 0.3) is 0 Å². The lowest BCUT2D eigenvalue weighted by Gasteiger charge is -2.26. The van der Waals surface area contributed by atoms with E-state index >= 15 is 0 Å². The van der Waals surface area contributed by atoms with Gasteiger partial charge in [-0.2, -0.15) is 0 Å². The molecule has 0 amide bonds. The first kappa shape index (κ1) is 20.0. The highest BCUT2D eigenvalue weighted by Crippen LogP contribution is 2.35. The smallest absolute Gasteiger partial charge is 0.231 e. The molecule has 0 atom stereocenters. The van der Waals surface area contributed by atoms with E-state index in [9.17, 15) is 5.11 Å². The van der Waals surface area contributed by atoms with Crippen LogP contribution in [0.1, 0.15) is 44.0 Å². The number of ether oxygens (including phenoxy) is 2. The van der Waals surface area contributed by atoms with Crippen molar-refractivity contribution in [3.05, 3.63) is 45.3 Å². The number of allylic oxidation sites excluding steroid dienone is 2. The monoisotopic (exact) mass is 414 g/mol. The molecule has 29 heavy (non-hydrogen) atoms. The largest absolute Gasteiger partial charge is 0.454 e. The molecule has 2 N–H and O–H groups in total. The molecule has 0 spiro atoms. The summed E-state index contributed by atoms with van der Waals surface area (Å²) in [6.07, 6.45) is 7.26. The van der Waals surface area contributed by atoms with Crippen molar-refractivity contribution in [2.24, 2.45) is 11.8 Å². The fourth-order valence-corrected chi connectivity index (χ4v) is 4.30. The van der Waals surface area contributed by atoms with Crippen molar-refractivity contribution < 1.29 is 14.6 Å². The number of nitrogens with zero attached hydrogens (tertiary/aromatic N) is 1. The third-order valence-corrected chi connectivity index (χ3v) is 6.39. The Morgan fingerprint density at radius 1 is 1.24 bits per heavy atom. The van der Waals surface area contributed by atoms with Gasteiger partial charge in [0.05, 0.1) is 10.7 Å². The molecule has 5 nitrogen and oxygen atoms in total. The van der Waals surface area contributed by atoms with Crippen LogP contribution in [-0.4, -0.2) is 28.5 Å². The van der Waals surface area contributed by atoms with Crippen molar-refractivity contribution in [3.8, 4) is 11.5 Å². The highest BCUT2D eigenvalue weighted by atomic mass is 35.5. The average Bonchev–Trinajstić information content (AvgIpc) is 3.33. The molecule has 2 aliphatic rings. The highest BCUT2D eigenvalue weighted by molar-refractivity contribution is 6.37. The van der Waals surface area contributed by atoms with Gasteiger partial charge in [-0.15, -0.1) is 0 Å². The number of aromatic nitrogens is 2. The zero-order valence-corrected chi connectivity index (χ0v) is 17.5. The molecule has 1 aromatic heterocycles. The third kappa shape index (κ3) is 4.51. The van der Waals surface area contributed by atoms with Gasteiger partial charge < -0.3 is 19.6 Å². The zero-order chi connectivity index (χ0) is 20.4. The molecule has 0 radical (unpaired) electrons. The minimum atomic E-state index is 0.254. The number of H-pyrrole nitrogens is 1. The molecular weight excluding hydrogens is 388 g/mol.